The van der Waals surface area contributed by atoms with Crippen molar-refractivity contribution in [1.29, 1.82) is 0 Å². The van der Waals surface area contributed by atoms with E-state index in [-0.39, 0.29) is 6.61 Å². The van der Waals surface area contributed by atoms with Gasteiger partial charge in [0.1, 0.15) is 0 Å². The molecule has 68 valence electrons. The van der Waals surface area contributed by atoms with E-state index in [2.05, 4.69) is 12.6 Å². The molecule has 1 aromatic heterocycles. The lowest BCUT2D eigenvalue weighted by atomic mass is 10.1. The van der Waals surface area contributed by atoms with Crippen molar-refractivity contribution in [2.45, 2.75) is 18.4 Å². The predicted octanol–water partition coefficient (Wildman–Crippen LogP) is 2.99. The second-order valence-corrected chi connectivity index (χ2v) is 4.35. The molecule has 1 nitrogen and oxygen atoms in total. The molecule has 0 amide bonds. The first-order chi connectivity index (χ1) is 6.24. The molecule has 2 rings (SSSR count). The molecule has 0 unspecified atom stereocenters. The number of aliphatic hydroxyl groups excluding tert-OH is 1. The summed E-state index contributed by atoms with van der Waals surface area (Å²) in [4.78, 5) is 1.03. The summed E-state index contributed by atoms with van der Waals surface area (Å²) in [5.41, 5.74) is 2.18. The lowest BCUT2D eigenvalue weighted by Gasteiger charge is -2.00. The van der Waals surface area contributed by atoms with Crippen molar-refractivity contribution in [3.8, 4) is 0 Å². The summed E-state index contributed by atoms with van der Waals surface area (Å²) >= 11 is 6.09. The molecule has 1 N–H and O–H groups in total. The zero-order valence-electron chi connectivity index (χ0n) is 7.24. The first-order valence-corrected chi connectivity index (χ1v) is 5.36. The Kier molecular flexibility index (Phi) is 2.32. The molecule has 13 heavy (non-hydrogen) atoms. The van der Waals surface area contributed by atoms with Gasteiger partial charge in [0, 0.05) is 9.60 Å². The molecular formula is C10H10OS2. The first kappa shape index (κ1) is 9.06. The minimum atomic E-state index is 0.107. The molecule has 0 atom stereocenters. The van der Waals surface area contributed by atoms with Crippen LogP contribution in [0, 0.1) is 6.92 Å². The van der Waals surface area contributed by atoms with E-state index in [0.717, 1.165) is 15.8 Å². The number of hydrogen-bond donors (Lipinski definition) is 2. The molecule has 0 saturated carbocycles. The van der Waals surface area contributed by atoms with Crippen molar-refractivity contribution in [3.63, 3.8) is 0 Å². The quantitative estimate of drug-likeness (QED) is 0.693. The number of fused-ring (bicyclic) bond motifs is 1. The minimum absolute atomic E-state index is 0.107. The van der Waals surface area contributed by atoms with Gasteiger partial charge in [-0.2, -0.15) is 0 Å². The number of thiol groups is 1. The molecule has 0 radical (unpaired) electrons. The fourth-order valence-electron chi connectivity index (χ4n) is 1.36. The number of rotatable bonds is 1. The Morgan fingerprint density at radius 2 is 2.23 bits per heavy atom. The van der Waals surface area contributed by atoms with Gasteiger partial charge in [0.25, 0.3) is 0 Å². The largest absolute Gasteiger partial charge is 0.392 e. The number of aliphatic hydroxyl groups is 1. The summed E-state index contributed by atoms with van der Waals surface area (Å²) in [6.45, 7) is 2.15. The molecule has 1 aromatic carbocycles. The van der Waals surface area contributed by atoms with E-state index < -0.39 is 0 Å². The van der Waals surface area contributed by atoms with Crippen LogP contribution in [0.15, 0.2) is 22.4 Å². The molecule has 2 aromatic rings. The third-order valence-corrected chi connectivity index (χ3v) is 3.96. The standard InChI is InChI=1S/C10H10OS2/c1-6-2-3-8-7(4-11)5-13-10(8)9(6)12/h2-3,5,11-12H,4H2,1H3. The molecule has 3 heteroatoms. The van der Waals surface area contributed by atoms with Crippen LogP contribution in [-0.2, 0) is 6.61 Å². The summed E-state index contributed by atoms with van der Waals surface area (Å²) in [6, 6.07) is 4.09. The zero-order chi connectivity index (χ0) is 9.42. The normalized spacial score (nSPS) is 11.0. The average Bonchev–Trinajstić information content (AvgIpc) is 2.55. The summed E-state index contributed by atoms with van der Waals surface area (Å²) in [6.07, 6.45) is 0. The summed E-state index contributed by atoms with van der Waals surface area (Å²) in [5, 5.41) is 12.2. The van der Waals surface area contributed by atoms with E-state index in [1.165, 1.54) is 10.3 Å². The SMILES string of the molecule is Cc1ccc2c(CO)csc2c1S. The van der Waals surface area contributed by atoms with Gasteiger partial charge in [-0.3, -0.25) is 0 Å². The van der Waals surface area contributed by atoms with E-state index in [1.807, 2.05) is 24.4 Å². The summed E-state index contributed by atoms with van der Waals surface area (Å²) in [5.74, 6) is 0. The Balaban J connectivity index is 2.81. The van der Waals surface area contributed by atoms with Crippen molar-refractivity contribution in [1.82, 2.24) is 0 Å². The maximum Gasteiger partial charge on any atom is 0.0696 e. The summed E-state index contributed by atoms with van der Waals surface area (Å²) < 4.78 is 1.17. The van der Waals surface area contributed by atoms with Gasteiger partial charge in [0.15, 0.2) is 0 Å². The number of aryl methyl sites for hydroxylation is 1. The molecule has 0 spiro atoms. The third kappa shape index (κ3) is 1.37. The molecule has 0 aliphatic rings. The van der Waals surface area contributed by atoms with Crippen LogP contribution in [0.3, 0.4) is 0 Å². The Labute approximate surface area is 86.4 Å². The van der Waals surface area contributed by atoms with Gasteiger partial charge in [0.2, 0.25) is 0 Å². The molecular weight excluding hydrogens is 200 g/mol. The van der Waals surface area contributed by atoms with Gasteiger partial charge >= 0.3 is 0 Å². The van der Waals surface area contributed by atoms with Gasteiger partial charge in [-0.15, -0.1) is 24.0 Å². The van der Waals surface area contributed by atoms with Crippen LogP contribution in [0.4, 0.5) is 0 Å². The lowest BCUT2D eigenvalue weighted by molar-refractivity contribution is 0.284. The van der Waals surface area contributed by atoms with Gasteiger partial charge in [0.05, 0.1) is 6.61 Å². The van der Waals surface area contributed by atoms with Gasteiger partial charge in [-0.05, 0) is 28.8 Å². The lowest BCUT2D eigenvalue weighted by Crippen LogP contribution is -1.80. The number of benzene rings is 1. The Morgan fingerprint density at radius 1 is 1.46 bits per heavy atom. The molecule has 1 heterocycles. The second kappa shape index (κ2) is 3.33. The smallest absolute Gasteiger partial charge is 0.0696 e. The Bertz CT molecular complexity index is 445. The van der Waals surface area contributed by atoms with Crippen molar-refractivity contribution in [2.75, 3.05) is 0 Å². The topological polar surface area (TPSA) is 20.2 Å². The Hall–Kier alpha value is -0.510. The highest BCUT2D eigenvalue weighted by Crippen LogP contribution is 2.32. The summed E-state index contributed by atoms with van der Waals surface area (Å²) in [7, 11) is 0. The van der Waals surface area contributed by atoms with Gasteiger partial charge < -0.3 is 5.11 Å². The van der Waals surface area contributed by atoms with E-state index in [4.69, 9.17) is 5.11 Å². The second-order valence-electron chi connectivity index (χ2n) is 3.03. The fraction of sp³-hybridized carbons (Fsp3) is 0.200. The van der Waals surface area contributed by atoms with E-state index in [1.54, 1.807) is 11.3 Å². The van der Waals surface area contributed by atoms with Crippen molar-refractivity contribution in [2.24, 2.45) is 0 Å². The van der Waals surface area contributed by atoms with E-state index in [0.29, 0.717) is 0 Å². The van der Waals surface area contributed by atoms with Crippen LogP contribution < -0.4 is 0 Å². The third-order valence-electron chi connectivity index (χ3n) is 2.17. The van der Waals surface area contributed by atoms with E-state index in [9.17, 15) is 0 Å². The van der Waals surface area contributed by atoms with Crippen molar-refractivity contribution < 1.29 is 5.11 Å². The molecule has 0 bridgehead atoms. The predicted molar refractivity (Wildman–Crippen MR) is 59.7 cm³/mol. The molecule has 0 saturated heterocycles. The van der Waals surface area contributed by atoms with Crippen LogP contribution in [0.5, 0.6) is 0 Å². The zero-order valence-corrected chi connectivity index (χ0v) is 8.95. The molecule has 0 aliphatic heterocycles. The average molecular weight is 210 g/mol. The number of thiophene rings is 1. The highest BCUT2D eigenvalue weighted by atomic mass is 32.1. The van der Waals surface area contributed by atoms with Crippen LogP contribution in [-0.4, -0.2) is 5.11 Å². The maximum atomic E-state index is 9.07. The Morgan fingerprint density at radius 3 is 2.92 bits per heavy atom. The highest BCUT2D eigenvalue weighted by molar-refractivity contribution is 7.80. The van der Waals surface area contributed by atoms with Gasteiger partial charge in [-0.25, -0.2) is 0 Å². The van der Waals surface area contributed by atoms with Crippen LogP contribution in [0.1, 0.15) is 11.1 Å². The molecule has 0 fully saturated rings. The van der Waals surface area contributed by atoms with Crippen LogP contribution in [0.25, 0.3) is 10.1 Å². The van der Waals surface area contributed by atoms with Crippen molar-refractivity contribution in [3.05, 3.63) is 28.6 Å². The molecule has 0 aliphatic carbocycles. The minimum Gasteiger partial charge on any atom is -0.392 e. The van der Waals surface area contributed by atoms with Gasteiger partial charge in [-0.1, -0.05) is 12.1 Å². The monoisotopic (exact) mass is 210 g/mol. The maximum absolute atomic E-state index is 9.07. The van der Waals surface area contributed by atoms with Crippen molar-refractivity contribution >= 4 is 34.1 Å². The van der Waals surface area contributed by atoms with Crippen LogP contribution in [0.2, 0.25) is 0 Å². The number of hydrogen-bond acceptors (Lipinski definition) is 3. The first-order valence-electron chi connectivity index (χ1n) is 4.03. The highest BCUT2D eigenvalue weighted by Gasteiger charge is 2.06. The van der Waals surface area contributed by atoms with Crippen LogP contribution >= 0.6 is 24.0 Å². The van der Waals surface area contributed by atoms with E-state index >= 15 is 0 Å². The fourth-order valence-corrected chi connectivity index (χ4v) is 2.77.